The van der Waals surface area contributed by atoms with E-state index < -0.39 is 15.8 Å². The molecule has 0 saturated heterocycles. The topological polar surface area (TPSA) is 78.0 Å². The molecule has 2 N–H and O–H groups in total. The van der Waals surface area contributed by atoms with Crippen molar-refractivity contribution < 1.29 is 12.8 Å². The molecule has 0 atom stereocenters. The van der Waals surface area contributed by atoms with Crippen molar-refractivity contribution >= 4 is 33.2 Å². The molecule has 0 amide bonds. The summed E-state index contributed by atoms with van der Waals surface area (Å²) in [4.78, 5) is -0.176. The average Bonchev–Trinajstić information content (AvgIpc) is 3.06. The second kappa shape index (κ2) is 7.85. The van der Waals surface area contributed by atoms with Crippen LogP contribution in [0.4, 0.5) is 4.39 Å². The van der Waals surface area contributed by atoms with Gasteiger partial charge in [-0.25, -0.2) is 22.6 Å². The summed E-state index contributed by atoms with van der Waals surface area (Å²) in [6.07, 6.45) is 0. The number of benzene rings is 3. The molecular formula is C21H14Cl2FN3O2S. The zero-order valence-electron chi connectivity index (χ0n) is 15.3. The summed E-state index contributed by atoms with van der Waals surface area (Å²) >= 11 is 11.9. The number of rotatable bonds is 4. The van der Waals surface area contributed by atoms with Crippen molar-refractivity contribution in [2.75, 3.05) is 0 Å². The van der Waals surface area contributed by atoms with Crippen molar-refractivity contribution in [3.63, 3.8) is 0 Å². The molecule has 5 nitrogen and oxygen atoms in total. The molecule has 0 radical (unpaired) electrons. The van der Waals surface area contributed by atoms with Crippen LogP contribution in [0.15, 0.2) is 77.7 Å². The molecule has 0 aliphatic carbocycles. The maximum atomic E-state index is 15.6. The molecule has 0 unspecified atom stereocenters. The van der Waals surface area contributed by atoms with Crippen LogP contribution in [0.1, 0.15) is 0 Å². The zero-order valence-corrected chi connectivity index (χ0v) is 17.6. The van der Waals surface area contributed by atoms with Gasteiger partial charge in [0.25, 0.3) is 0 Å². The van der Waals surface area contributed by atoms with Gasteiger partial charge in [-0.05, 0) is 36.4 Å². The van der Waals surface area contributed by atoms with Crippen LogP contribution in [0.2, 0.25) is 10.0 Å². The SMILES string of the molecule is NS(=O)(=O)c1ccccc1-n1nc(-c2ccc(Cl)cc2)c(F)c1-c1ccc(Cl)cc1. The Morgan fingerprint density at radius 2 is 1.37 bits per heavy atom. The highest BCUT2D eigenvalue weighted by Crippen LogP contribution is 2.35. The van der Waals surface area contributed by atoms with Crippen LogP contribution in [0, 0.1) is 5.82 Å². The van der Waals surface area contributed by atoms with Gasteiger partial charge in [0, 0.05) is 21.2 Å². The third-order valence-corrected chi connectivity index (χ3v) is 5.93. The largest absolute Gasteiger partial charge is 0.240 e. The number of hydrogen-bond acceptors (Lipinski definition) is 3. The van der Waals surface area contributed by atoms with Gasteiger partial charge < -0.3 is 0 Å². The molecule has 1 heterocycles. The lowest BCUT2D eigenvalue weighted by molar-refractivity contribution is 0.596. The molecule has 0 bridgehead atoms. The minimum atomic E-state index is -4.08. The Labute approximate surface area is 182 Å². The molecule has 0 aliphatic heterocycles. The fourth-order valence-corrected chi connectivity index (χ4v) is 4.06. The molecule has 3 aromatic carbocycles. The van der Waals surface area contributed by atoms with Gasteiger partial charge >= 0.3 is 0 Å². The monoisotopic (exact) mass is 461 g/mol. The quantitative estimate of drug-likeness (QED) is 0.447. The number of sulfonamides is 1. The Balaban J connectivity index is 2.04. The van der Waals surface area contributed by atoms with Crippen LogP contribution in [-0.4, -0.2) is 18.2 Å². The first-order valence-corrected chi connectivity index (χ1v) is 11.0. The first-order valence-electron chi connectivity index (χ1n) is 8.68. The Hall–Kier alpha value is -2.71. The number of halogens is 3. The summed E-state index contributed by atoms with van der Waals surface area (Å²) in [5, 5.41) is 10.8. The number of para-hydroxylation sites is 1. The van der Waals surface area contributed by atoms with Crippen molar-refractivity contribution in [2.45, 2.75) is 4.90 Å². The van der Waals surface area contributed by atoms with E-state index in [1.54, 1.807) is 54.6 Å². The average molecular weight is 462 g/mol. The summed E-state index contributed by atoms with van der Waals surface area (Å²) in [6.45, 7) is 0. The van der Waals surface area contributed by atoms with Crippen LogP contribution in [0.5, 0.6) is 0 Å². The van der Waals surface area contributed by atoms with Crippen LogP contribution in [0.3, 0.4) is 0 Å². The molecular weight excluding hydrogens is 448 g/mol. The smallest absolute Gasteiger partial charge is 0.228 e. The van der Waals surface area contributed by atoms with E-state index in [9.17, 15) is 8.42 Å². The van der Waals surface area contributed by atoms with Gasteiger partial charge in [-0.15, -0.1) is 0 Å². The van der Waals surface area contributed by atoms with Crippen molar-refractivity contribution in [2.24, 2.45) is 5.14 Å². The zero-order chi connectivity index (χ0) is 21.5. The van der Waals surface area contributed by atoms with Crippen LogP contribution < -0.4 is 5.14 Å². The Morgan fingerprint density at radius 1 is 0.833 bits per heavy atom. The van der Waals surface area contributed by atoms with Crippen LogP contribution >= 0.6 is 23.2 Å². The summed E-state index contributed by atoms with van der Waals surface area (Å²) in [5.74, 6) is -0.621. The first-order chi connectivity index (χ1) is 14.3. The summed E-state index contributed by atoms with van der Waals surface area (Å²) in [7, 11) is -4.08. The number of hydrogen-bond donors (Lipinski definition) is 1. The summed E-state index contributed by atoms with van der Waals surface area (Å²) in [6, 6.07) is 19.0. The molecule has 9 heteroatoms. The maximum Gasteiger partial charge on any atom is 0.240 e. The number of nitrogens with zero attached hydrogens (tertiary/aromatic N) is 2. The van der Waals surface area contributed by atoms with Gasteiger partial charge in [0.05, 0.1) is 5.69 Å². The fraction of sp³-hybridized carbons (Fsp3) is 0. The molecule has 0 aliphatic rings. The van der Waals surface area contributed by atoms with Crippen LogP contribution in [0.25, 0.3) is 28.2 Å². The normalized spacial score (nSPS) is 11.6. The molecule has 0 saturated carbocycles. The van der Waals surface area contributed by atoms with Gasteiger partial charge in [0.1, 0.15) is 16.3 Å². The van der Waals surface area contributed by atoms with E-state index >= 15 is 4.39 Å². The Bertz CT molecular complexity index is 1340. The van der Waals surface area contributed by atoms with Gasteiger partial charge in [-0.1, -0.05) is 59.6 Å². The first kappa shape index (κ1) is 20.6. The lowest BCUT2D eigenvalue weighted by atomic mass is 10.1. The third kappa shape index (κ3) is 3.85. The molecule has 152 valence electrons. The molecule has 30 heavy (non-hydrogen) atoms. The predicted molar refractivity (Wildman–Crippen MR) is 116 cm³/mol. The van der Waals surface area contributed by atoms with Gasteiger partial charge in [0.15, 0.2) is 5.82 Å². The van der Waals surface area contributed by atoms with Crippen molar-refractivity contribution in [3.8, 4) is 28.2 Å². The number of aromatic nitrogens is 2. The van der Waals surface area contributed by atoms with E-state index in [1.807, 2.05) is 0 Å². The predicted octanol–water partition coefficient (Wildman–Crippen LogP) is 5.30. The summed E-state index contributed by atoms with van der Waals surface area (Å²) < 4.78 is 41.1. The van der Waals surface area contributed by atoms with E-state index in [2.05, 4.69) is 5.10 Å². The molecule has 0 spiro atoms. The van der Waals surface area contributed by atoms with Gasteiger partial charge in [-0.2, -0.15) is 5.10 Å². The molecule has 0 fully saturated rings. The standard InChI is InChI=1S/C21H14Cl2FN3O2S/c22-15-9-5-13(6-10-15)20-19(24)21(14-7-11-16(23)12-8-14)27(26-20)17-3-1-2-4-18(17)30(25,28)29/h1-12H,(H2,25,28,29). The fourth-order valence-electron chi connectivity index (χ4n) is 3.10. The van der Waals surface area contributed by atoms with E-state index in [-0.39, 0.29) is 22.0 Å². The lowest BCUT2D eigenvalue weighted by Gasteiger charge is -2.11. The highest BCUT2D eigenvalue weighted by molar-refractivity contribution is 7.89. The van der Waals surface area contributed by atoms with E-state index in [1.165, 1.54) is 22.9 Å². The van der Waals surface area contributed by atoms with Crippen molar-refractivity contribution in [3.05, 3.63) is 88.7 Å². The summed E-state index contributed by atoms with van der Waals surface area (Å²) in [5.41, 5.74) is 1.20. The molecule has 4 rings (SSSR count). The highest BCUT2D eigenvalue weighted by Gasteiger charge is 2.25. The second-order valence-electron chi connectivity index (χ2n) is 6.45. The van der Waals surface area contributed by atoms with Crippen molar-refractivity contribution in [1.29, 1.82) is 0 Å². The minimum absolute atomic E-state index is 0.0424. The highest BCUT2D eigenvalue weighted by atomic mass is 35.5. The lowest BCUT2D eigenvalue weighted by Crippen LogP contribution is -2.16. The number of nitrogens with two attached hydrogens (primary N) is 1. The minimum Gasteiger partial charge on any atom is -0.228 e. The maximum absolute atomic E-state index is 15.6. The third-order valence-electron chi connectivity index (χ3n) is 4.46. The Kier molecular flexibility index (Phi) is 5.38. The van der Waals surface area contributed by atoms with E-state index in [0.29, 0.717) is 21.2 Å². The van der Waals surface area contributed by atoms with Crippen molar-refractivity contribution in [1.82, 2.24) is 9.78 Å². The second-order valence-corrected chi connectivity index (χ2v) is 8.85. The van der Waals surface area contributed by atoms with Gasteiger partial charge in [0.2, 0.25) is 10.0 Å². The van der Waals surface area contributed by atoms with E-state index in [4.69, 9.17) is 28.3 Å². The molecule has 1 aromatic heterocycles. The molecule has 4 aromatic rings. The van der Waals surface area contributed by atoms with E-state index in [0.717, 1.165) is 0 Å². The Morgan fingerprint density at radius 3 is 1.93 bits per heavy atom. The van der Waals surface area contributed by atoms with Gasteiger partial charge in [-0.3, -0.25) is 0 Å². The number of primary sulfonamides is 1. The van der Waals surface area contributed by atoms with Crippen LogP contribution in [-0.2, 0) is 10.0 Å².